The smallest absolute Gasteiger partial charge is 0.269 e. The molecule has 2 N–H and O–H groups in total. The maximum absolute atomic E-state index is 13.0. The molecule has 0 unspecified atom stereocenters. The van der Waals surface area contributed by atoms with Crippen molar-refractivity contribution in [1.29, 1.82) is 0 Å². The minimum atomic E-state index is -0.330. The number of nitrogens with one attached hydrogen (secondary N) is 2. The molecule has 0 bridgehead atoms. The van der Waals surface area contributed by atoms with Gasteiger partial charge in [0, 0.05) is 18.2 Å². The fourth-order valence-electron chi connectivity index (χ4n) is 3.34. The highest BCUT2D eigenvalue weighted by atomic mass is 19.1. The number of fused-ring (bicyclic) bond motifs is 1. The molecule has 7 nitrogen and oxygen atoms in total. The first-order chi connectivity index (χ1) is 13.6. The average molecular weight is 381 g/mol. The summed E-state index contributed by atoms with van der Waals surface area (Å²) in [5.41, 5.74) is 3.44. The van der Waals surface area contributed by atoms with Gasteiger partial charge in [-0.2, -0.15) is 10.2 Å². The first-order valence-corrected chi connectivity index (χ1v) is 9.29. The standard InChI is InChI=1S/C20H20FN5O2/c21-15-7-5-13(6-8-15)17-12-18(24-23-17)20(28)22-9-10-26-19(27)11-14-3-1-2-4-16(14)25-26/h5-8,11-12H,1-4,9-10H2,(H,22,28)(H,23,24). The van der Waals surface area contributed by atoms with Gasteiger partial charge >= 0.3 is 0 Å². The number of amides is 1. The van der Waals surface area contributed by atoms with Gasteiger partial charge in [0.15, 0.2) is 0 Å². The van der Waals surface area contributed by atoms with Crippen molar-refractivity contribution in [2.45, 2.75) is 32.2 Å². The van der Waals surface area contributed by atoms with Crippen molar-refractivity contribution in [2.24, 2.45) is 0 Å². The lowest BCUT2D eigenvalue weighted by molar-refractivity contribution is 0.0946. The van der Waals surface area contributed by atoms with Crippen LogP contribution in [0.1, 0.15) is 34.6 Å². The Kier molecular flexibility index (Phi) is 5.01. The molecule has 4 rings (SSSR count). The van der Waals surface area contributed by atoms with E-state index in [1.807, 2.05) is 0 Å². The molecule has 2 aromatic heterocycles. The Bertz CT molecular complexity index is 1060. The Hall–Kier alpha value is -3.29. The van der Waals surface area contributed by atoms with Gasteiger partial charge in [-0.1, -0.05) is 0 Å². The molecule has 1 aliphatic rings. The lowest BCUT2D eigenvalue weighted by Gasteiger charge is -2.15. The quantitative estimate of drug-likeness (QED) is 0.708. The van der Waals surface area contributed by atoms with E-state index in [2.05, 4.69) is 20.6 Å². The topological polar surface area (TPSA) is 92.7 Å². The van der Waals surface area contributed by atoms with Gasteiger partial charge in [0.25, 0.3) is 11.5 Å². The van der Waals surface area contributed by atoms with E-state index in [-0.39, 0.29) is 23.8 Å². The van der Waals surface area contributed by atoms with Crippen LogP contribution in [0.4, 0.5) is 4.39 Å². The molecule has 0 fully saturated rings. The summed E-state index contributed by atoms with van der Waals surface area (Å²) in [6.07, 6.45) is 3.98. The summed E-state index contributed by atoms with van der Waals surface area (Å²) in [5.74, 6) is -0.657. The number of hydrogen-bond donors (Lipinski definition) is 2. The summed E-state index contributed by atoms with van der Waals surface area (Å²) in [5, 5.41) is 14.0. The number of benzene rings is 1. The zero-order chi connectivity index (χ0) is 19.5. The SMILES string of the molecule is O=C(NCCn1nc2c(cc1=O)CCCC2)c1cc(-c2ccc(F)cc2)n[nH]1. The number of aryl methyl sites for hydroxylation is 2. The fourth-order valence-corrected chi connectivity index (χ4v) is 3.34. The summed E-state index contributed by atoms with van der Waals surface area (Å²) in [6.45, 7) is 0.576. The van der Waals surface area contributed by atoms with Crippen LogP contribution in [-0.2, 0) is 19.4 Å². The first-order valence-electron chi connectivity index (χ1n) is 9.29. The highest BCUT2D eigenvalue weighted by molar-refractivity contribution is 5.93. The van der Waals surface area contributed by atoms with Gasteiger partial charge in [0.1, 0.15) is 11.5 Å². The van der Waals surface area contributed by atoms with E-state index in [9.17, 15) is 14.0 Å². The second-order valence-electron chi connectivity index (χ2n) is 6.81. The highest BCUT2D eigenvalue weighted by Crippen LogP contribution is 2.18. The van der Waals surface area contributed by atoms with Crippen LogP contribution in [0.5, 0.6) is 0 Å². The maximum atomic E-state index is 13.0. The third kappa shape index (κ3) is 3.85. The van der Waals surface area contributed by atoms with Crippen molar-refractivity contribution in [2.75, 3.05) is 6.54 Å². The van der Waals surface area contributed by atoms with Gasteiger partial charge in [-0.25, -0.2) is 9.07 Å². The summed E-state index contributed by atoms with van der Waals surface area (Å²) in [7, 11) is 0. The van der Waals surface area contributed by atoms with E-state index < -0.39 is 0 Å². The summed E-state index contributed by atoms with van der Waals surface area (Å²) in [4.78, 5) is 24.5. The third-order valence-corrected chi connectivity index (χ3v) is 4.85. The predicted molar refractivity (Wildman–Crippen MR) is 101 cm³/mol. The average Bonchev–Trinajstić information content (AvgIpc) is 3.19. The third-order valence-electron chi connectivity index (χ3n) is 4.85. The van der Waals surface area contributed by atoms with Gasteiger partial charge < -0.3 is 5.32 Å². The van der Waals surface area contributed by atoms with Gasteiger partial charge in [-0.15, -0.1) is 0 Å². The molecule has 3 aromatic rings. The number of aromatic nitrogens is 4. The van der Waals surface area contributed by atoms with E-state index in [4.69, 9.17) is 0 Å². The van der Waals surface area contributed by atoms with Gasteiger partial charge in [-0.05, 0) is 61.6 Å². The molecule has 1 aromatic carbocycles. The number of carbonyl (C=O) groups is 1. The largest absolute Gasteiger partial charge is 0.349 e. The molecule has 0 aliphatic heterocycles. The van der Waals surface area contributed by atoms with E-state index in [1.165, 1.54) is 16.8 Å². The van der Waals surface area contributed by atoms with E-state index in [0.717, 1.165) is 36.9 Å². The normalized spacial score (nSPS) is 13.2. The van der Waals surface area contributed by atoms with Gasteiger partial charge in [0.2, 0.25) is 0 Å². The number of aromatic amines is 1. The molecule has 0 saturated heterocycles. The van der Waals surface area contributed by atoms with Gasteiger partial charge in [0.05, 0.1) is 17.9 Å². The van der Waals surface area contributed by atoms with Crippen molar-refractivity contribution in [1.82, 2.24) is 25.3 Å². The Balaban J connectivity index is 1.37. The number of rotatable bonds is 5. The Labute approximate surface area is 160 Å². The van der Waals surface area contributed by atoms with Crippen LogP contribution < -0.4 is 10.9 Å². The molecule has 1 aliphatic carbocycles. The molecule has 8 heteroatoms. The first kappa shape index (κ1) is 18.1. The van der Waals surface area contributed by atoms with Crippen LogP contribution in [0.2, 0.25) is 0 Å². The summed E-state index contributed by atoms with van der Waals surface area (Å²) < 4.78 is 14.4. The zero-order valence-corrected chi connectivity index (χ0v) is 15.2. The van der Waals surface area contributed by atoms with Crippen molar-refractivity contribution in [3.05, 3.63) is 69.5 Å². The second-order valence-corrected chi connectivity index (χ2v) is 6.81. The number of carbonyl (C=O) groups excluding carboxylic acids is 1. The second kappa shape index (κ2) is 7.75. The van der Waals surface area contributed by atoms with Crippen LogP contribution in [0.15, 0.2) is 41.2 Å². The maximum Gasteiger partial charge on any atom is 0.269 e. The number of H-pyrrole nitrogens is 1. The molecule has 0 spiro atoms. The van der Waals surface area contributed by atoms with Crippen molar-refractivity contribution >= 4 is 5.91 Å². The summed E-state index contributed by atoms with van der Waals surface area (Å²) >= 11 is 0. The minimum absolute atomic E-state index is 0.143. The van der Waals surface area contributed by atoms with Gasteiger partial charge in [-0.3, -0.25) is 14.7 Å². The molecule has 1 amide bonds. The Morgan fingerprint density at radius 1 is 1.18 bits per heavy atom. The lowest BCUT2D eigenvalue weighted by Crippen LogP contribution is -2.33. The zero-order valence-electron chi connectivity index (χ0n) is 15.2. The van der Waals surface area contributed by atoms with E-state index in [0.29, 0.717) is 23.5 Å². The van der Waals surface area contributed by atoms with E-state index >= 15 is 0 Å². The number of halogens is 1. The molecule has 0 saturated carbocycles. The molecule has 0 radical (unpaired) electrons. The minimum Gasteiger partial charge on any atom is -0.349 e. The predicted octanol–water partition coefficient (Wildman–Crippen LogP) is 2.08. The lowest BCUT2D eigenvalue weighted by atomic mass is 9.97. The van der Waals surface area contributed by atoms with Crippen LogP contribution in [-0.4, -0.2) is 32.4 Å². The van der Waals surface area contributed by atoms with E-state index in [1.54, 1.807) is 24.3 Å². The van der Waals surface area contributed by atoms with Crippen LogP contribution >= 0.6 is 0 Å². The summed E-state index contributed by atoms with van der Waals surface area (Å²) in [6, 6.07) is 9.14. The highest BCUT2D eigenvalue weighted by Gasteiger charge is 2.14. The molecular weight excluding hydrogens is 361 g/mol. The van der Waals surface area contributed by atoms with Crippen molar-refractivity contribution in [3.63, 3.8) is 0 Å². The van der Waals surface area contributed by atoms with Crippen LogP contribution in [0.3, 0.4) is 0 Å². The molecule has 28 heavy (non-hydrogen) atoms. The molecule has 0 atom stereocenters. The van der Waals surface area contributed by atoms with Crippen LogP contribution in [0, 0.1) is 5.82 Å². The van der Waals surface area contributed by atoms with Crippen molar-refractivity contribution < 1.29 is 9.18 Å². The fraction of sp³-hybridized carbons (Fsp3) is 0.300. The Morgan fingerprint density at radius 2 is 1.96 bits per heavy atom. The molecule has 2 heterocycles. The number of hydrogen-bond acceptors (Lipinski definition) is 4. The number of nitrogens with zero attached hydrogens (tertiary/aromatic N) is 3. The molecular formula is C20H20FN5O2. The van der Waals surface area contributed by atoms with Crippen LogP contribution in [0.25, 0.3) is 11.3 Å². The monoisotopic (exact) mass is 381 g/mol. The van der Waals surface area contributed by atoms with Crippen molar-refractivity contribution in [3.8, 4) is 11.3 Å². The Morgan fingerprint density at radius 3 is 2.79 bits per heavy atom. The molecule has 144 valence electrons.